The van der Waals surface area contributed by atoms with Gasteiger partial charge in [-0.25, -0.2) is 4.68 Å². The summed E-state index contributed by atoms with van der Waals surface area (Å²) in [7, 11) is 0. The second-order valence-electron chi connectivity index (χ2n) is 8.64. The monoisotopic (exact) mass is 446 g/mol. The number of hydrogen-bond acceptors (Lipinski definition) is 6. The number of rotatable bonds is 5. The van der Waals surface area contributed by atoms with E-state index in [4.69, 9.17) is 0 Å². The number of carbonyl (C=O) groups is 1. The van der Waals surface area contributed by atoms with Crippen LogP contribution in [-0.4, -0.2) is 43.8 Å². The minimum absolute atomic E-state index is 0.117. The molecule has 9 nitrogen and oxygen atoms in total. The highest BCUT2D eigenvalue weighted by molar-refractivity contribution is 5.96. The lowest BCUT2D eigenvalue weighted by Crippen LogP contribution is -2.39. The molecule has 3 aromatic rings. The van der Waals surface area contributed by atoms with Crippen LogP contribution in [0.25, 0.3) is 0 Å². The molecule has 1 aliphatic heterocycles. The van der Waals surface area contributed by atoms with E-state index in [2.05, 4.69) is 20.3 Å². The summed E-state index contributed by atoms with van der Waals surface area (Å²) < 4.78 is 2.07. The highest BCUT2D eigenvalue weighted by Crippen LogP contribution is 2.31. The van der Waals surface area contributed by atoms with E-state index in [1.165, 1.54) is 24.6 Å². The van der Waals surface area contributed by atoms with E-state index in [1.54, 1.807) is 17.0 Å². The van der Waals surface area contributed by atoms with Gasteiger partial charge < -0.3 is 10.2 Å². The summed E-state index contributed by atoms with van der Waals surface area (Å²) in [5.41, 5.74) is 3.69. The number of nitro benzene ring substituents is 1. The van der Waals surface area contributed by atoms with Crippen molar-refractivity contribution in [3.8, 4) is 0 Å². The number of nitrogens with zero attached hydrogens (tertiary/aromatic N) is 5. The number of carbonyl (C=O) groups excluding carboxylic acids is 1. The predicted octanol–water partition coefficient (Wildman–Crippen LogP) is 4.29. The van der Waals surface area contributed by atoms with Gasteiger partial charge in [0.2, 0.25) is 0 Å². The molecule has 0 spiro atoms. The van der Waals surface area contributed by atoms with Gasteiger partial charge in [0, 0.05) is 30.4 Å². The van der Waals surface area contributed by atoms with Crippen LogP contribution < -0.4 is 5.32 Å². The van der Waals surface area contributed by atoms with Crippen LogP contribution in [0.5, 0.6) is 0 Å². The molecule has 1 fully saturated rings. The molecule has 0 unspecified atom stereocenters. The zero-order valence-corrected chi connectivity index (χ0v) is 18.3. The van der Waals surface area contributed by atoms with E-state index in [9.17, 15) is 14.9 Å². The average molecular weight is 447 g/mol. The largest absolute Gasteiger partial charge is 0.350 e. The molecule has 33 heavy (non-hydrogen) atoms. The molecule has 2 aliphatic rings. The number of aryl methyl sites for hydroxylation is 1. The molecule has 0 atom stereocenters. The molecule has 1 aliphatic carbocycles. The Kier molecular flexibility index (Phi) is 5.77. The molecule has 1 amide bonds. The Morgan fingerprint density at radius 2 is 1.82 bits per heavy atom. The fourth-order valence-electron chi connectivity index (χ4n) is 4.77. The molecule has 2 heterocycles. The van der Waals surface area contributed by atoms with E-state index in [-0.39, 0.29) is 17.6 Å². The van der Waals surface area contributed by atoms with Gasteiger partial charge in [-0.05, 0) is 62.8 Å². The average Bonchev–Trinajstić information content (AvgIpc) is 3.29. The van der Waals surface area contributed by atoms with Crippen LogP contribution >= 0.6 is 0 Å². The summed E-state index contributed by atoms with van der Waals surface area (Å²) in [5.74, 6) is -0.177. The normalized spacial score (nSPS) is 16.3. The van der Waals surface area contributed by atoms with Crippen LogP contribution in [0.3, 0.4) is 0 Å². The standard InChI is InChI=1S/C24H26N6O3/c31-24(17-10-11-20(23(16-17)30(32)33)25-18-6-2-1-3-7-18)28-14-12-19(13-15-28)29-22-9-5-4-8-21(22)26-27-29/h1-3,6-7,10-11,16,19,25H,4-5,8-9,12-15H2. The Morgan fingerprint density at radius 1 is 1.06 bits per heavy atom. The van der Waals surface area contributed by atoms with Crippen molar-refractivity contribution >= 4 is 23.0 Å². The number of fused-ring (bicyclic) bond motifs is 1. The zero-order chi connectivity index (χ0) is 22.8. The van der Waals surface area contributed by atoms with E-state index >= 15 is 0 Å². The molecule has 170 valence electrons. The number of likely N-dealkylation sites (tertiary alicyclic amines) is 1. The van der Waals surface area contributed by atoms with Gasteiger partial charge in [0.15, 0.2) is 0 Å². The SMILES string of the molecule is O=C(c1ccc(Nc2ccccc2)c([N+](=O)[O-])c1)N1CCC(n2nnc3c2CCCC3)CC1. The van der Waals surface area contributed by atoms with Gasteiger partial charge in [-0.2, -0.15) is 0 Å². The molecule has 1 saturated heterocycles. The molecule has 0 bridgehead atoms. The Balaban J connectivity index is 1.28. The smallest absolute Gasteiger partial charge is 0.293 e. The Bertz CT molecular complexity index is 1170. The molecule has 5 rings (SSSR count). The molecule has 9 heteroatoms. The number of aromatic nitrogens is 3. The van der Waals surface area contributed by atoms with Gasteiger partial charge in [-0.3, -0.25) is 14.9 Å². The van der Waals surface area contributed by atoms with Crippen LogP contribution in [-0.2, 0) is 12.8 Å². The lowest BCUT2D eigenvalue weighted by Gasteiger charge is -2.33. The number of nitrogens with one attached hydrogen (secondary N) is 1. The summed E-state index contributed by atoms with van der Waals surface area (Å²) in [4.78, 5) is 26.1. The van der Waals surface area contributed by atoms with Crippen LogP contribution in [0.15, 0.2) is 48.5 Å². The lowest BCUT2D eigenvalue weighted by atomic mass is 9.99. The summed E-state index contributed by atoms with van der Waals surface area (Å²) in [6.07, 6.45) is 5.97. The number of amides is 1. The van der Waals surface area contributed by atoms with Gasteiger partial charge >= 0.3 is 0 Å². The predicted molar refractivity (Wildman–Crippen MR) is 124 cm³/mol. The van der Waals surface area contributed by atoms with Gasteiger partial charge in [0.05, 0.1) is 22.4 Å². The lowest BCUT2D eigenvalue weighted by molar-refractivity contribution is -0.383. The van der Waals surface area contributed by atoms with Crippen LogP contribution in [0, 0.1) is 10.1 Å². The number of benzene rings is 2. The maximum absolute atomic E-state index is 13.1. The third kappa shape index (κ3) is 4.30. The minimum Gasteiger partial charge on any atom is -0.350 e. The molecular weight excluding hydrogens is 420 g/mol. The third-order valence-electron chi connectivity index (χ3n) is 6.54. The first-order chi connectivity index (χ1) is 16.1. The van der Waals surface area contributed by atoms with E-state index in [0.29, 0.717) is 24.3 Å². The van der Waals surface area contributed by atoms with Crippen LogP contribution in [0.4, 0.5) is 17.1 Å². The maximum atomic E-state index is 13.1. The van der Waals surface area contributed by atoms with E-state index in [0.717, 1.165) is 37.1 Å². The van der Waals surface area contributed by atoms with Crippen molar-refractivity contribution < 1.29 is 9.72 Å². The van der Waals surface area contributed by atoms with Crippen LogP contribution in [0.2, 0.25) is 0 Å². The minimum atomic E-state index is -0.456. The third-order valence-corrected chi connectivity index (χ3v) is 6.54. The molecule has 1 N–H and O–H groups in total. The first kappa shape index (κ1) is 21.1. The van der Waals surface area contributed by atoms with Crippen molar-refractivity contribution in [3.05, 3.63) is 75.6 Å². The summed E-state index contributed by atoms with van der Waals surface area (Å²) in [6.45, 7) is 1.19. The second kappa shape index (κ2) is 9.01. The number of para-hydroxylation sites is 1. The van der Waals surface area contributed by atoms with Gasteiger partial charge in [-0.1, -0.05) is 23.4 Å². The Morgan fingerprint density at radius 3 is 2.58 bits per heavy atom. The fraction of sp³-hybridized carbons (Fsp3) is 0.375. The van der Waals surface area contributed by atoms with Crippen molar-refractivity contribution in [2.24, 2.45) is 0 Å². The summed E-state index contributed by atoms with van der Waals surface area (Å²) in [6, 6.07) is 14.1. The van der Waals surface area contributed by atoms with Gasteiger partial charge in [-0.15, -0.1) is 5.10 Å². The Hall–Kier alpha value is -3.75. The highest BCUT2D eigenvalue weighted by atomic mass is 16.6. The molecule has 1 aromatic heterocycles. The number of hydrogen-bond donors (Lipinski definition) is 1. The summed E-state index contributed by atoms with van der Waals surface area (Å²) in [5, 5.41) is 23.5. The molecule has 0 radical (unpaired) electrons. The van der Waals surface area contributed by atoms with Crippen molar-refractivity contribution in [1.29, 1.82) is 0 Å². The second-order valence-corrected chi connectivity index (χ2v) is 8.64. The van der Waals surface area contributed by atoms with E-state index < -0.39 is 4.92 Å². The number of piperidine rings is 1. The first-order valence-electron chi connectivity index (χ1n) is 11.4. The van der Waals surface area contributed by atoms with Crippen molar-refractivity contribution in [1.82, 2.24) is 19.9 Å². The Labute approximate surface area is 191 Å². The molecule has 2 aromatic carbocycles. The van der Waals surface area contributed by atoms with Crippen molar-refractivity contribution in [2.45, 2.75) is 44.6 Å². The van der Waals surface area contributed by atoms with E-state index in [1.807, 2.05) is 30.3 Å². The number of nitro groups is 1. The zero-order valence-electron chi connectivity index (χ0n) is 18.3. The maximum Gasteiger partial charge on any atom is 0.293 e. The fourth-order valence-corrected chi connectivity index (χ4v) is 4.77. The van der Waals surface area contributed by atoms with Crippen molar-refractivity contribution in [2.75, 3.05) is 18.4 Å². The van der Waals surface area contributed by atoms with Crippen molar-refractivity contribution in [3.63, 3.8) is 0 Å². The topological polar surface area (TPSA) is 106 Å². The van der Waals surface area contributed by atoms with Gasteiger partial charge in [0.1, 0.15) is 5.69 Å². The van der Waals surface area contributed by atoms with Crippen LogP contribution in [0.1, 0.15) is 53.5 Å². The number of anilines is 2. The summed E-state index contributed by atoms with van der Waals surface area (Å²) >= 11 is 0. The highest BCUT2D eigenvalue weighted by Gasteiger charge is 2.29. The molecule has 0 saturated carbocycles. The quantitative estimate of drug-likeness (QED) is 0.463. The first-order valence-corrected chi connectivity index (χ1v) is 11.4. The molecular formula is C24H26N6O3. The van der Waals surface area contributed by atoms with Gasteiger partial charge in [0.25, 0.3) is 11.6 Å².